The summed E-state index contributed by atoms with van der Waals surface area (Å²) in [5.41, 5.74) is 10.0. The van der Waals surface area contributed by atoms with Gasteiger partial charge in [0.05, 0.1) is 6.61 Å². The fourth-order valence-corrected chi connectivity index (χ4v) is 2.22. The Labute approximate surface area is 124 Å². The Hall–Kier alpha value is -2.33. The number of hydrogen-bond acceptors (Lipinski definition) is 3. The topological polar surface area (TPSA) is 64.3 Å². The van der Waals surface area contributed by atoms with Crippen LogP contribution in [0.1, 0.15) is 27.0 Å². The average Bonchev–Trinajstić information content (AvgIpc) is 2.44. The predicted octanol–water partition coefficient (Wildman–Crippen LogP) is 2.65. The highest BCUT2D eigenvalue weighted by atomic mass is 16.5. The van der Waals surface area contributed by atoms with Gasteiger partial charge in [0.15, 0.2) is 0 Å². The Morgan fingerprint density at radius 3 is 2.67 bits per heavy atom. The molecule has 21 heavy (non-hydrogen) atoms. The number of nitrogens with two attached hydrogens (primary N) is 1. The monoisotopic (exact) mass is 284 g/mol. The molecule has 1 amide bonds. The van der Waals surface area contributed by atoms with Crippen LogP contribution in [0, 0.1) is 6.92 Å². The number of ether oxygens (including phenoxy) is 1. The molecule has 0 aliphatic carbocycles. The van der Waals surface area contributed by atoms with Gasteiger partial charge in [-0.3, -0.25) is 4.79 Å². The molecule has 4 nitrogen and oxygen atoms in total. The molecule has 0 bridgehead atoms. The van der Waals surface area contributed by atoms with Gasteiger partial charge in [-0.1, -0.05) is 24.3 Å². The van der Waals surface area contributed by atoms with Crippen molar-refractivity contribution in [3.63, 3.8) is 0 Å². The summed E-state index contributed by atoms with van der Waals surface area (Å²) in [6.45, 7) is 2.96. The summed E-state index contributed by atoms with van der Waals surface area (Å²) < 4.78 is 5.10. The molecule has 0 saturated heterocycles. The Morgan fingerprint density at radius 1 is 1.19 bits per heavy atom. The molecule has 110 valence electrons. The highest BCUT2D eigenvalue weighted by molar-refractivity contribution is 5.95. The van der Waals surface area contributed by atoms with Crippen LogP contribution in [0.3, 0.4) is 0 Å². The molecule has 2 aromatic rings. The van der Waals surface area contributed by atoms with Gasteiger partial charge < -0.3 is 15.8 Å². The van der Waals surface area contributed by atoms with Gasteiger partial charge in [-0.2, -0.15) is 0 Å². The van der Waals surface area contributed by atoms with Crippen LogP contribution in [-0.2, 0) is 17.9 Å². The number of rotatable bonds is 5. The van der Waals surface area contributed by atoms with Crippen LogP contribution in [0.5, 0.6) is 0 Å². The zero-order valence-electron chi connectivity index (χ0n) is 12.3. The summed E-state index contributed by atoms with van der Waals surface area (Å²) in [4.78, 5) is 12.1. The van der Waals surface area contributed by atoms with Crippen LogP contribution in [-0.4, -0.2) is 13.0 Å². The Balaban J connectivity index is 2.02. The average molecular weight is 284 g/mol. The van der Waals surface area contributed by atoms with E-state index in [0.717, 1.165) is 16.7 Å². The van der Waals surface area contributed by atoms with Crippen LogP contribution in [0.2, 0.25) is 0 Å². The zero-order chi connectivity index (χ0) is 15.2. The lowest BCUT2D eigenvalue weighted by Gasteiger charge is -2.08. The van der Waals surface area contributed by atoms with Crippen molar-refractivity contribution in [2.45, 2.75) is 20.1 Å². The number of aryl methyl sites for hydroxylation is 1. The molecule has 0 spiro atoms. The Kier molecular flexibility index (Phi) is 4.95. The van der Waals surface area contributed by atoms with Crippen molar-refractivity contribution in [3.8, 4) is 0 Å². The second-order valence-corrected chi connectivity index (χ2v) is 5.07. The standard InChI is InChI=1S/C17H20N2O2/c1-12-6-15(9-16(18)7-12)17(20)19-10-13-4-3-5-14(8-13)11-21-2/h3-9H,10-11,18H2,1-2H3,(H,19,20). The van der Waals surface area contributed by atoms with E-state index in [4.69, 9.17) is 10.5 Å². The largest absolute Gasteiger partial charge is 0.399 e. The van der Waals surface area contributed by atoms with E-state index in [9.17, 15) is 4.79 Å². The van der Waals surface area contributed by atoms with Crippen LogP contribution in [0.15, 0.2) is 42.5 Å². The van der Waals surface area contributed by atoms with Gasteiger partial charge in [0, 0.05) is 24.9 Å². The summed E-state index contributed by atoms with van der Waals surface area (Å²) in [6.07, 6.45) is 0. The molecule has 0 fully saturated rings. The van der Waals surface area contributed by atoms with Gasteiger partial charge in [-0.15, -0.1) is 0 Å². The normalized spacial score (nSPS) is 10.4. The maximum absolute atomic E-state index is 12.1. The third-order valence-electron chi connectivity index (χ3n) is 3.12. The van der Waals surface area contributed by atoms with Crippen LogP contribution < -0.4 is 11.1 Å². The van der Waals surface area contributed by atoms with Crippen molar-refractivity contribution in [1.29, 1.82) is 0 Å². The van der Waals surface area contributed by atoms with Gasteiger partial charge in [0.2, 0.25) is 0 Å². The molecule has 0 saturated carbocycles. The molecule has 0 heterocycles. The number of methoxy groups -OCH3 is 1. The number of carbonyl (C=O) groups is 1. The molecule has 0 unspecified atom stereocenters. The Morgan fingerprint density at radius 2 is 1.95 bits per heavy atom. The molecular weight excluding hydrogens is 264 g/mol. The number of carbonyl (C=O) groups excluding carboxylic acids is 1. The first-order chi connectivity index (χ1) is 10.1. The SMILES string of the molecule is COCc1cccc(CNC(=O)c2cc(C)cc(N)c2)c1. The second-order valence-electron chi connectivity index (χ2n) is 5.07. The van der Waals surface area contributed by atoms with Gasteiger partial charge in [-0.25, -0.2) is 0 Å². The second kappa shape index (κ2) is 6.90. The van der Waals surface area contributed by atoms with Gasteiger partial charge in [0.1, 0.15) is 0 Å². The third-order valence-corrected chi connectivity index (χ3v) is 3.12. The molecule has 0 atom stereocenters. The molecule has 2 rings (SSSR count). The number of nitrogen functional groups attached to an aromatic ring is 1. The lowest BCUT2D eigenvalue weighted by Crippen LogP contribution is -2.23. The minimum atomic E-state index is -0.123. The van der Waals surface area contributed by atoms with E-state index in [0.29, 0.717) is 24.4 Å². The van der Waals surface area contributed by atoms with E-state index in [1.54, 1.807) is 13.2 Å². The summed E-state index contributed by atoms with van der Waals surface area (Å²) in [5, 5.41) is 2.90. The highest BCUT2D eigenvalue weighted by Crippen LogP contribution is 2.12. The molecule has 2 aromatic carbocycles. The van der Waals surface area contributed by atoms with E-state index in [1.165, 1.54) is 0 Å². The lowest BCUT2D eigenvalue weighted by molar-refractivity contribution is 0.0951. The van der Waals surface area contributed by atoms with Crippen molar-refractivity contribution < 1.29 is 9.53 Å². The number of amides is 1. The number of benzene rings is 2. The molecule has 0 aromatic heterocycles. The van der Waals surface area contributed by atoms with Crippen LogP contribution in [0.4, 0.5) is 5.69 Å². The summed E-state index contributed by atoms with van der Waals surface area (Å²) >= 11 is 0. The summed E-state index contributed by atoms with van der Waals surface area (Å²) in [7, 11) is 1.66. The quantitative estimate of drug-likeness (QED) is 0.830. The molecule has 0 aliphatic rings. The van der Waals surface area contributed by atoms with Crippen LogP contribution >= 0.6 is 0 Å². The zero-order valence-corrected chi connectivity index (χ0v) is 12.3. The van der Waals surface area contributed by atoms with E-state index in [2.05, 4.69) is 5.32 Å². The fourth-order valence-electron chi connectivity index (χ4n) is 2.22. The highest BCUT2D eigenvalue weighted by Gasteiger charge is 2.07. The van der Waals surface area contributed by atoms with Crippen LogP contribution in [0.25, 0.3) is 0 Å². The number of hydrogen-bond donors (Lipinski definition) is 2. The predicted molar refractivity (Wildman–Crippen MR) is 83.9 cm³/mol. The van der Waals surface area contributed by atoms with Gasteiger partial charge in [0.25, 0.3) is 5.91 Å². The maximum Gasteiger partial charge on any atom is 0.251 e. The van der Waals surface area contributed by atoms with E-state index in [1.807, 2.05) is 43.3 Å². The van der Waals surface area contributed by atoms with Crippen molar-refractivity contribution in [1.82, 2.24) is 5.32 Å². The van der Waals surface area contributed by atoms with Gasteiger partial charge >= 0.3 is 0 Å². The fraction of sp³-hybridized carbons (Fsp3) is 0.235. The first-order valence-corrected chi connectivity index (χ1v) is 6.80. The third kappa shape index (κ3) is 4.33. The minimum Gasteiger partial charge on any atom is -0.399 e. The minimum absolute atomic E-state index is 0.123. The smallest absolute Gasteiger partial charge is 0.251 e. The van der Waals surface area contributed by atoms with Crippen molar-refractivity contribution in [2.24, 2.45) is 0 Å². The number of nitrogens with one attached hydrogen (secondary N) is 1. The van der Waals surface area contributed by atoms with Crippen molar-refractivity contribution in [3.05, 3.63) is 64.7 Å². The summed E-state index contributed by atoms with van der Waals surface area (Å²) in [6, 6.07) is 13.3. The first kappa shape index (κ1) is 15.1. The molecule has 4 heteroatoms. The molecule has 3 N–H and O–H groups in total. The maximum atomic E-state index is 12.1. The molecule has 0 radical (unpaired) electrons. The Bertz CT molecular complexity index is 618. The van der Waals surface area contributed by atoms with Crippen molar-refractivity contribution in [2.75, 3.05) is 12.8 Å². The van der Waals surface area contributed by atoms with Crippen molar-refractivity contribution >= 4 is 11.6 Å². The lowest BCUT2D eigenvalue weighted by atomic mass is 10.1. The molecular formula is C17H20N2O2. The first-order valence-electron chi connectivity index (χ1n) is 6.80. The van der Waals surface area contributed by atoms with E-state index >= 15 is 0 Å². The number of anilines is 1. The summed E-state index contributed by atoms with van der Waals surface area (Å²) in [5.74, 6) is -0.123. The van der Waals surface area contributed by atoms with E-state index < -0.39 is 0 Å². The van der Waals surface area contributed by atoms with E-state index in [-0.39, 0.29) is 5.91 Å². The molecule has 0 aliphatic heterocycles. The van der Waals surface area contributed by atoms with Gasteiger partial charge in [-0.05, 0) is 41.8 Å².